The monoisotopic (exact) mass is 356 g/mol. The third-order valence-electron chi connectivity index (χ3n) is 3.99. The van der Waals surface area contributed by atoms with Crippen LogP contribution in [-0.4, -0.2) is 41.7 Å². The van der Waals surface area contributed by atoms with Gasteiger partial charge in [0.25, 0.3) is 10.0 Å². The average Bonchev–Trinajstić information content (AvgIpc) is 3.10. The zero-order chi connectivity index (χ0) is 16.9. The van der Waals surface area contributed by atoms with Gasteiger partial charge in [0, 0.05) is 6.20 Å². The lowest BCUT2D eigenvalue weighted by Crippen LogP contribution is -2.41. The van der Waals surface area contributed by atoms with Crippen LogP contribution >= 0.6 is 11.3 Å². The average molecular weight is 356 g/mol. The lowest BCUT2D eigenvalue weighted by molar-refractivity contribution is 0.00578. The lowest BCUT2D eigenvalue weighted by Gasteiger charge is -2.32. The van der Waals surface area contributed by atoms with E-state index in [4.69, 9.17) is 9.31 Å². The van der Waals surface area contributed by atoms with Crippen LogP contribution in [0.25, 0.3) is 0 Å². The molecule has 1 saturated heterocycles. The summed E-state index contributed by atoms with van der Waals surface area (Å²) in [5.41, 5.74) is -0.922. The fourth-order valence-corrected chi connectivity index (χ4v) is 3.88. The molecule has 0 saturated carbocycles. The molecule has 0 aromatic carbocycles. The van der Waals surface area contributed by atoms with E-state index >= 15 is 0 Å². The second-order valence-electron chi connectivity index (χ2n) is 6.18. The van der Waals surface area contributed by atoms with Crippen LogP contribution < -0.4 is 9.50 Å². The lowest BCUT2D eigenvalue weighted by atomic mass is 9.89. The van der Waals surface area contributed by atoms with Crippen LogP contribution in [0.1, 0.15) is 27.7 Å². The number of hydrogen-bond donors (Lipinski definition) is 2. The molecule has 0 radical (unpaired) electrons. The number of imidazole rings is 1. The molecule has 2 aromatic heterocycles. The van der Waals surface area contributed by atoms with E-state index in [9.17, 15) is 8.42 Å². The molecule has 1 fully saturated rings. The smallest absolute Gasteiger partial charge is 0.399 e. The summed E-state index contributed by atoms with van der Waals surface area (Å²) in [4.78, 5) is 10.3. The van der Waals surface area contributed by atoms with Gasteiger partial charge in [0.15, 0.2) is 10.2 Å². The summed E-state index contributed by atoms with van der Waals surface area (Å²) < 4.78 is 39.2. The molecule has 0 unspecified atom stereocenters. The minimum absolute atomic E-state index is 0.0233. The van der Waals surface area contributed by atoms with Gasteiger partial charge in [-0.1, -0.05) is 0 Å². The van der Waals surface area contributed by atoms with Crippen LogP contribution in [0.2, 0.25) is 0 Å². The van der Waals surface area contributed by atoms with Gasteiger partial charge in [-0.15, -0.1) is 11.3 Å². The first kappa shape index (κ1) is 16.4. The van der Waals surface area contributed by atoms with Gasteiger partial charge in [-0.3, -0.25) is 4.72 Å². The molecular weight excluding hydrogens is 339 g/mol. The van der Waals surface area contributed by atoms with Crippen molar-refractivity contribution < 1.29 is 17.7 Å². The first-order valence-corrected chi connectivity index (χ1v) is 9.23. The molecule has 8 nitrogen and oxygen atoms in total. The number of sulfonamides is 1. The van der Waals surface area contributed by atoms with Crippen molar-refractivity contribution in [3.05, 3.63) is 18.7 Å². The molecule has 0 atom stereocenters. The molecular formula is C12H17BN4O4S2. The predicted molar refractivity (Wildman–Crippen MR) is 87.2 cm³/mol. The number of aromatic amines is 1. The van der Waals surface area contributed by atoms with Crippen LogP contribution in [0.15, 0.2) is 23.7 Å². The van der Waals surface area contributed by atoms with Crippen molar-refractivity contribution in [2.24, 2.45) is 0 Å². The molecule has 3 heterocycles. The van der Waals surface area contributed by atoms with Crippen molar-refractivity contribution in [2.75, 3.05) is 4.72 Å². The minimum atomic E-state index is -3.73. The van der Waals surface area contributed by atoms with Crippen molar-refractivity contribution in [1.29, 1.82) is 0 Å². The van der Waals surface area contributed by atoms with Crippen LogP contribution in [0.5, 0.6) is 0 Å². The molecule has 1 aliphatic heterocycles. The number of thiazole rings is 1. The van der Waals surface area contributed by atoms with Crippen LogP contribution in [-0.2, 0) is 19.3 Å². The second-order valence-corrected chi connectivity index (χ2v) is 8.89. The zero-order valence-electron chi connectivity index (χ0n) is 13.2. The molecule has 23 heavy (non-hydrogen) atoms. The van der Waals surface area contributed by atoms with Gasteiger partial charge >= 0.3 is 7.12 Å². The maximum absolute atomic E-state index is 12.1. The van der Waals surface area contributed by atoms with Crippen LogP contribution in [0.3, 0.4) is 0 Å². The summed E-state index contributed by atoms with van der Waals surface area (Å²) in [7, 11) is -4.29. The largest absolute Gasteiger partial charge is 0.507 e. The summed E-state index contributed by atoms with van der Waals surface area (Å²) in [6.07, 6.45) is 4.08. The van der Waals surface area contributed by atoms with Gasteiger partial charge in [0.1, 0.15) is 0 Å². The molecule has 11 heteroatoms. The predicted octanol–water partition coefficient (Wildman–Crippen LogP) is 0.966. The summed E-state index contributed by atoms with van der Waals surface area (Å²) >= 11 is 1.17. The Kier molecular flexibility index (Phi) is 3.79. The molecule has 2 aromatic rings. The second kappa shape index (κ2) is 5.30. The van der Waals surface area contributed by atoms with E-state index in [1.807, 2.05) is 27.7 Å². The Balaban J connectivity index is 1.77. The number of H-pyrrole nitrogens is 1. The van der Waals surface area contributed by atoms with E-state index in [0.29, 0.717) is 4.78 Å². The Labute approximate surface area is 138 Å². The molecule has 0 aliphatic carbocycles. The van der Waals surface area contributed by atoms with E-state index in [0.717, 1.165) is 0 Å². The number of anilines is 1. The van der Waals surface area contributed by atoms with Crippen molar-refractivity contribution >= 4 is 38.4 Å². The fourth-order valence-electron chi connectivity index (χ4n) is 1.96. The van der Waals surface area contributed by atoms with Gasteiger partial charge in [-0.25, -0.2) is 9.97 Å². The topological polar surface area (TPSA) is 106 Å². The Morgan fingerprint density at radius 2 is 1.87 bits per heavy atom. The van der Waals surface area contributed by atoms with Crippen molar-refractivity contribution in [1.82, 2.24) is 15.0 Å². The number of aromatic nitrogens is 3. The van der Waals surface area contributed by atoms with Gasteiger partial charge in [0.05, 0.1) is 28.5 Å². The highest BCUT2D eigenvalue weighted by Gasteiger charge is 2.52. The molecule has 2 N–H and O–H groups in total. The molecule has 3 rings (SSSR count). The van der Waals surface area contributed by atoms with E-state index in [2.05, 4.69) is 19.7 Å². The molecule has 0 bridgehead atoms. The molecule has 1 aliphatic rings. The minimum Gasteiger partial charge on any atom is -0.399 e. The first-order valence-electron chi connectivity index (χ1n) is 6.93. The highest BCUT2D eigenvalue weighted by molar-refractivity contribution is 7.92. The van der Waals surface area contributed by atoms with Gasteiger partial charge in [-0.05, 0) is 27.7 Å². The Morgan fingerprint density at radius 1 is 1.22 bits per heavy atom. The van der Waals surface area contributed by atoms with E-state index in [-0.39, 0.29) is 10.2 Å². The number of rotatable bonds is 4. The molecule has 0 amide bonds. The van der Waals surface area contributed by atoms with Crippen LogP contribution in [0.4, 0.5) is 5.13 Å². The highest BCUT2D eigenvalue weighted by atomic mass is 32.2. The SMILES string of the molecule is CC1(C)OB(c2cnc(NS(=O)(=O)c3cnc[nH]3)s2)OC1(C)C. The van der Waals surface area contributed by atoms with Gasteiger partial charge in [-0.2, -0.15) is 8.42 Å². The van der Waals surface area contributed by atoms with Gasteiger partial charge < -0.3 is 14.3 Å². The summed E-state index contributed by atoms with van der Waals surface area (Å²) in [5.74, 6) is 0. The van der Waals surface area contributed by atoms with E-state index in [1.54, 1.807) is 6.20 Å². The van der Waals surface area contributed by atoms with Crippen LogP contribution in [0, 0.1) is 0 Å². The van der Waals surface area contributed by atoms with E-state index in [1.165, 1.54) is 23.9 Å². The Hall–Kier alpha value is -1.43. The zero-order valence-corrected chi connectivity index (χ0v) is 14.8. The number of hydrogen-bond acceptors (Lipinski definition) is 7. The Bertz CT molecular complexity index is 785. The standard InChI is InChI=1S/C12H17BN4O4S2/c1-11(2)12(3,4)21-13(20-11)8-5-15-10(22-8)17-23(18,19)9-6-14-7-16-9/h5-7H,1-4H3,(H,14,16)(H,15,17). The quantitative estimate of drug-likeness (QED) is 0.791. The first-order chi connectivity index (χ1) is 10.6. The maximum atomic E-state index is 12.1. The number of nitrogens with zero attached hydrogens (tertiary/aromatic N) is 2. The molecule has 0 spiro atoms. The summed E-state index contributed by atoms with van der Waals surface area (Å²) in [6.45, 7) is 7.82. The van der Waals surface area contributed by atoms with Crippen molar-refractivity contribution in [3.8, 4) is 0 Å². The number of nitrogens with one attached hydrogen (secondary N) is 2. The normalized spacial score (nSPS) is 19.9. The maximum Gasteiger partial charge on any atom is 0.507 e. The highest BCUT2D eigenvalue weighted by Crippen LogP contribution is 2.37. The van der Waals surface area contributed by atoms with Crippen molar-refractivity contribution in [2.45, 2.75) is 43.9 Å². The van der Waals surface area contributed by atoms with E-state index < -0.39 is 28.3 Å². The fraction of sp³-hybridized carbons (Fsp3) is 0.500. The third kappa shape index (κ3) is 3.01. The van der Waals surface area contributed by atoms with Crippen molar-refractivity contribution in [3.63, 3.8) is 0 Å². The third-order valence-corrected chi connectivity index (χ3v) is 6.32. The summed E-state index contributed by atoms with van der Waals surface area (Å²) in [6, 6.07) is 0. The Morgan fingerprint density at radius 3 is 2.43 bits per heavy atom. The molecule has 124 valence electrons. The summed E-state index contributed by atoms with van der Waals surface area (Å²) in [5, 5.41) is 0.217. The van der Waals surface area contributed by atoms with Gasteiger partial charge in [0.2, 0.25) is 0 Å².